The Morgan fingerprint density at radius 1 is 1.48 bits per heavy atom. The second kappa shape index (κ2) is 7.65. The molecule has 0 bridgehead atoms. The molecule has 1 atom stereocenters. The molecular formula is C18H20N2O4S. The molecule has 2 heterocycles. The van der Waals surface area contributed by atoms with Gasteiger partial charge >= 0.3 is 0 Å². The zero-order valence-electron chi connectivity index (χ0n) is 14.2. The van der Waals surface area contributed by atoms with E-state index in [1.165, 1.54) is 18.0 Å². The first kappa shape index (κ1) is 17.4. The molecule has 0 saturated carbocycles. The van der Waals surface area contributed by atoms with E-state index in [0.29, 0.717) is 23.1 Å². The highest BCUT2D eigenvalue weighted by Crippen LogP contribution is 2.38. The molecule has 1 aliphatic rings. The largest absolute Gasteiger partial charge is 0.618 e. The van der Waals surface area contributed by atoms with Crippen LogP contribution in [0.5, 0.6) is 11.5 Å². The summed E-state index contributed by atoms with van der Waals surface area (Å²) in [6.45, 7) is 4.41. The molecule has 1 amide bonds. The number of hydrogen-bond acceptors (Lipinski definition) is 5. The van der Waals surface area contributed by atoms with Crippen LogP contribution in [0.15, 0.2) is 41.6 Å². The Morgan fingerprint density at radius 2 is 2.32 bits per heavy atom. The highest BCUT2D eigenvalue weighted by molar-refractivity contribution is 7.99. The first-order chi connectivity index (χ1) is 12.1. The highest BCUT2D eigenvalue weighted by Gasteiger charge is 2.22. The zero-order chi connectivity index (χ0) is 17.8. The maximum absolute atomic E-state index is 12.3. The van der Waals surface area contributed by atoms with Gasteiger partial charge in [-0.3, -0.25) is 4.79 Å². The van der Waals surface area contributed by atoms with E-state index >= 15 is 0 Å². The molecule has 1 aliphatic heterocycles. The Labute approximate surface area is 150 Å². The number of carbonyl (C=O) groups excluding carboxylic acids is 1. The van der Waals surface area contributed by atoms with E-state index in [1.54, 1.807) is 18.2 Å². The lowest BCUT2D eigenvalue weighted by atomic mass is 10.1. The van der Waals surface area contributed by atoms with Crippen molar-refractivity contribution >= 4 is 23.4 Å². The molecule has 1 aromatic carbocycles. The van der Waals surface area contributed by atoms with Gasteiger partial charge in [-0.15, -0.1) is 0 Å². The number of ether oxygens (including phenoxy) is 2. The van der Waals surface area contributed by atoms with E-state index in [1.807, 2.05) is 26.0 Å². The van der Waals surface area contributed by atoms with E-state index in [-0.39, 0.29) is 17.8 Å². The van der Waals surface area contributed by atoms with Gasteiger partial charge in [0.05, 0.1) is 18.0 Å². The summed E-state index contributed by atoms with van der Waals surface area (Å²) in [6.07, 6.45) is 2.36. The van der Waals surface area contributed by atoms with Crippen molar-refractivity contribution in [1.29, 1.82) is 0 Å². The fraction of sp³-hybridized carbons (Fsp3) is 0.333. The van der Waals surface area contributed by atoms with Gasteiger partial charge in [-0.1, -0.05) is 0 Å². The van der Waals surface area contributed by atoms with Crippen LogP contribution in [-0.2, 0) is 11.2 Å². The molecule has 1 N–H and O–H groups in total. The van der Waals surface area contributed by atoms with Gasteiger partial charge in [-0.25, -0.2) is 0 Å². The number of amides is 1. The number of pyridine rings is 1. The number of benzene rings is 1. The number of aromatic nitrogens is 1. The lowest BCUT2D eigenvalue weighted by Gasteiger charge is -2.13. The molecule has 6 nitrogen and oxygen atoms in total. The quantitative estimate of drug-likeness (QED) is 0.487. The lowest BCUT2D eigenvalue weighted by molar-refractivity contribution is -0.645. The van der Waals surface area contributed by atoms with Crippen LogP contribution in [0.3, 0.4) is 0 Å². The van der Waals surface area contributed by atoms with Crippen LogP contribution in [-0.4, -0.2) is 24.4 Å². The number of carbonyl (C=O) groups is 1. The van der Waals surface area contributed by atoms with E-state index in [2.05, 4.69) is 5.32 Å². The van der Waals surface area contributed by atoms with Crippen LogP contribution in [0.4, 0.5) is 5.69 Å². The standard InChI is InChI=1S/C18H20N2O4S/c1-3-23-16-9-13-8-12(2)24-15(13)10-14(16)19-17(21)11-25-18-6-4-5-7-20(18)22/h4-7,9-10,12H,3,8,11H2,1-2H3,(H,19,21)/t12-/m0/s1. The smallest absolute Gasteiger partial charge is 0.251 e. The number of anilines is 1. The van der Waals surface area contributed by atoms with Crippen molar-refractivity contribution in [2.75, 3.05) is 17.7 Å². The van der Waals surface area contributed by atoms with E-state index < -0.39 is 0 Å². The molecule has 25 heavy (non-hydrogen) atoms. The number of fused-ring (bicyclic) bond motifs is 1. The van der Waals surface area contributed by atoms with Crippen LogP contribution in [0.25, 0.3) is 0 Å². The Hall–Kier alpha value is -2.41. The summed E-state index contributed by atoms with van der Waals surface area (Å²) < 4.78 is 12.1. The topological polar surface area (TPSA) is 74.5 Å². The van der Waals surface area contributed by atoms with Gasteiger partial charge in [0.15, 0.2) is 6.20 Å². The third-order valence-electron chi connectivity index (χ3n) is 3.71. The van der Waals surface area contributed by atoms with Gasteiger partial charge in [0, 0.05) is 30.2 Å². The van der Waals surface area contributed by atoms with E-state index in [9.17, 15) is 10.0 Å². The molecule has 2 aromatic rings. The monoisotopic (exact) mass is 360 g/mol. The van der Waals surface area contributed by atoms with Crippen LogP contribution >= 0.6 is 11.8 Å². The number of rotatable bonds is 6. The Balaban J connectivity index is 1.70. The summed E-state index contributed by atoms with van der Waals surface area (Å²) in [5.74, 6) is 1.34. The summed E-state index contributed by atoms with van der Waals surface area (Å²) in [5, 5.41) is 14.9. The van der Waals surface area contributed by atoms with Crippen molar-refractivity contribution < 1.29 is 19.0 Å². The van der Waals surface area contributed by atoms with Gasteiger partial charge in [0.2, 0.25) is 5.91 Å². The van der Waals surface area contributed by atoms with Crippen LogP contribution in [0.2, 0.25) is 0 Å². The van der Waals surface area contributed by atoms with Crippen molar-refractivity contribution in [2.24, 2.45) is 0 Å². The van der Waals surface area contributed by atoms with Crippen molar-refractivity contribution in [3.05, 3.63) is 47.3 Å². The first-order valence-corrected chi connectivity index (χ1v) is 9.12. The second-order valence-corrected chi connectivity index (χ2v) is 6.72. The molecule has 0 spiro atoms. The van der Waals surface area contributed by atoms with E-state index in [0.717, 1.165) is 22.5 Å². The van der Waals surface area contributed by atoms with Gasteiger partial charge < -0.3 is 20.0 Å². The van der Waals surface area contributed by atoms with Gasteiger partial charge in [-0.05, 0) is 37.7 Å². The van der Waals surface area contributed by atoms with Crippen LogP contribution < -0.4 is 19.5 Å². The Morgan fingerprint density at radius 3 is 3.08 bits per heavy atom. The molecule has 7 heteroatoms. The average molecular weight is 360 g/mol. The van der Waals surface area contributed by atoms with Gasteiger partial charge in [0.1, 0.15) is 17.6 Å². The van der Waals surface area contributed by atoms with E-state index in [4.69, 9.17) is 9.47 Å². The minimum Gasteiger partial charge on any atom is -0.618 e. The number of nitrogens with one attached hydrogen (secondary N) is 1. The Bertz CT molecular complexity index is 782. The van der Waals surface area contributed by atoms with Gasteiger partial charge in [0.25, 0.3) is 5.03 Å². The second-order valence-electron chi connectivity index (χ2n) is 5.72. The van der Waals surface area contributed by atoms with Crippen molar-refractivity contribution in [3.8, 4) is 11.5 Å². The third kappa shape index (κ3) is 4.17. The molecule has 1 aromatic heterocycles. The van der Waals surface area contributed by atoms with Crippen LogP contribution in [0.1, 0.15) is 19.4 Å². The molecule has 0 aliphatic carbocycles. The molecule has 3 rings (SSSR count). The molecule has 132 valence electrons. The summed E-state index contributed by atoms with van der Waals surface area (Å²) in [6, 6.07) is 8.83. The molecule has 0 saturated heterocycles. The zero-order valence-corrected chi connectivity index (χ0v) is 15.0. The summed E-state index contributed by atoms with van der Waals surface area (Å²) in [4.78, 5) is 12.3. The molecule has 0 radical (unpaired) electrons. The van der Waals surface area contributed by atoms with Gasteiger partial charge in [-0.2, -0.15) is 4.73 Å². The SMILES string of the molecule is CCOc1cc2c(cc1NC(=O)CSc1cccc[n+]1[O-])O[C@@H](C)C2. The minimum atomic E-state index is -0.208. The van der Waals surface area contributed by atoms with Crippen molar-refractivity contribution in [3.63, 3.8) is 0 Å². The first-order valence-electron chi connectivity index (χ1n) is 8.14. The average Bonchev–Trinajstić information content (AvgIpc) is 2.93. The van der Waals surface area contributed by atoms with Crippen LogP contribution in [0, 0.1) is 5.21 Å². The number of thioether (sulfide) groups is 1. The fourth-order valence-corrected chi connectivity index (χ4v) is 3.38. The number of nitrogens with zero attached hydrogens (tertiary/aromatic N) is 1. The molecule has 0 fully saturated rings. The van der Waals surface area contributed by atoms with Crippen molar-refractivity contribution in [1.82, 2.24) is 0 Å². The van der Waals surface area contributed by atoms with Crippen molar-refractivity contribution in [2.45, 2.75) is 31.4 Å². The number of hydrogen-bond donors (Lipinski definition) is 1. The summed E-state index contributed by atoms with van der Waals surface area (Å²) in [7, 11) is 0. The minimum absolute atomic E-state index is 0.122. The molecular weight excluding hydrogens is 340 g/mol. The fourth-order valence-electron chi connectivity index (χ4n) is 2.66. The third-order valence-corrected chi connectivity index (χ3v) is 4.73. The Kier molecular flexibility index (Phi) is 5.33. The molecule has 0 unspecified atom stereocenters. The predicted molar refractivity (Wildman–Crippen MR) is 96.2 cm³/mol. The lowest BCUT2D eigenvalue weighted by Crippen LogP contribution is -2.28. The highest BCUT2D eigenvalue weighted by atomic mass is 32.2. The normalized spacial score (nSPS) is 15.4. The summed E-state index contributed by atoms with van der Waals surface area (Å²) >= 11 is 1.19. The maximum atomic E-state index is 12.3. The summed E-state index contributed by atoms with van der Waals surface area (Å²) in [5.41, 5.74) is 1.67. The maximum Gasteiger partial charge on any atom is 0.251 e. The predicted octanol–water partition coefficient (Wildman–Crippen LogP) is 2.77.